The van der Waals surface area contributed by atoms with E-state index in [2.05, 4.69) is 0 Å². The normalized spacial score (nSPS) is 15.9. The van der Waals surface area contributed by atoms with Crippen molar-refractivity contribution in [2.45, 2.75) is 12.6 Å². The third-order valence-corrected chi connectivity index (χ3v) is 2.29. The van der Waals surface area contributed by atoms with Crippen LogP contribution in [0, 0.1) is 0 Å². The molecule has 0 radical (unpaired) electrons. The molecule has 1 heterocycles. The van der Waals surface area contributed by atoms with Crippen molar-refractivity contribution in [2.75, 3.05) is 0 Å². The van der Waals surface area contributed by atoms with Crippen molar-refractivity contribution in [2.24, 2.45) is 0 Å². The molecule has 1 aromatic rings. The molecule has 1 N–H and O–H groups in total. The van der Waals surface area contributed by atoms with Crippen LogP contribution >= 0.6 is 0 Å². The van der Waals surface area contributed by atoms with E-state index in [4.69, 9.17) is 9.84 Å². The van der Waals surface area contributed by atoms with Gasteiger partial charge in [0.25, 0.3) is 0 Å². The molecule has 0 amide bonds. The second-order valence-corrected chi connectivity index (χ2v) is 3.55. The van der Waals surface area contributed by atoms with Crippen LogP contribution in [0.3, 0.4) is 0 Å². The van der Waals surface area contributed by atoms with E-state index in [0.29, 0.717) is 18.2 Å². The Kier molecular flexibility index (Phi) is 2.83. The molecule has 0 unspecified atom stereocenters. The lowest BCUT2D eigenvalue weighted by atomic mass is 10.1. The minimum absolute atomic E-state index is 0.00137. The fourth-order valence-electron chi connectivity index (χ4n) is 1.46. The number of allylic oxidation sites excluding steroid dienone is 3. The van der Waals surface area contributed by atoms with Gasteiger partial charge in [0.05, 0.1) is 0 Å². The minimum Gasteiger partial charge on any atom is -0.504 e. The summed E-state index contributed by atoms with van der Waals surface area (Å²) in [6, 6.07) is 7.05. The number of ether oxygens (including phenoxy) is 1. The van der Waals surface area contributed by atoms with Gasteiger partial charge in [0.2, 0.25) is 5.76 Å². The van der Waals surface area contributed by atoms with E-state index >= 15 is 0 Å². The van der Waals surface area contributed by atoms with Crippen LogP contribution < -0.4 is 4.74 Å². The summed E-state index contributed by atoms with van der Waals surface area (Å²) >= 11 is 0. The lowest BCUT2D eigenvalue weighted by Gasteiger charge is -2.16. The van der Waals surface area contributed by atoms with Gasteiger partial charge >= 0.3 is 6.18 Å². The number of halogens is 3. The average molecular weight is 242 g/mol. The topological polar surface area (TPSA) is 29.5 Å². The molecule has 17 heavy (non-hydrogen) atoms. The van der Waals surface area contributed by atoms with Crippen LogP contribution in [0.15, 0.2) is 47.9 Å². The van der Waals surface area contributed by atoms with Crippen LogP contribution in [0.5, 0.6) is 5.75 Å². The molecule has 0 fully saturated rings. The molecule has 0 aliphatic carbocycles. The zero-order valence-electron chi connectivity index (χ0n) is 8.66. The molecule has 0 aromatic heterocycles. The standard InChI is InChI=1S/C12H9F3O2/c13-12(14,15)11(16)7-9-6-5-8-3-1-2-4-10(8)17-9/h1-4,6-7,16H,5H2/b11-7-. The van der Waals surface area contributed by atoms with Crippen LogP contribution in [-0.4, -0.2) is 11.3 Å². The molecule has 0 saturated carbocycles. The zero-order valence-corrected chi connectivity index (χ0v) is 8.66. The number of fused-ring (bicyclic) bond motifs is 1. The highest BCUT2D eigenvalue weighted by Crippen LogP contribution is 2.29. The highest BCUT2D eigenvalue weighted by molar-refractivity contribution is 5.41. The first-order chi connectivity index (χ1) is 7.97. The third kappa shape index (κ3) is 2.61. The quantitative estimate of drug-likeness (QED) is 0.763. The van der Waals surface area contributed by atoms with Crippen LogP contribution in [-0.2, 0) is 6.42 Å². The van der Waals surface area contributed by atoms with Crippen molar-refractivity contribution in [1.29, 1.82) is 0 Å². The number of aliphatic hydroxyl groups excluding tert-OH is 1. The number of aliphatic hydroxyl groups is 1. The van der Waals surface area contributed by atoms with Gasteiger partial charge in [0.1, 0.15) is 11.5 Å². The van der Waals surface area contributed by atoms with E-state index in [1.54, 1.807) is 12.1 Å². The van der Waals surface area contributed by atoms with Crippen molar-refractivity contribution in [3.63, 3.8) is 0 Å². The number of hydrogen-bond donors (Lipinski definition) is 1. The molecule has 0 saturated heterocycles. The fraction of sp³-hybridized carbons (Fsp3) is 0.167. The van der Waals surface area contributed by atoms with Crippen LogP contribution in [0.2, 0.25) is 0 Å². The molecule has 0 spiro atoms. The minimum atomic E-state index is -4.75. The molecule has 5 heteroatoms. The zero-order chi connectivity index (χ0) is 12.5. The Morgan fingerprint density at radius 1 is 1.29 bits per heavy atom. The van der Waals surface area contributed by atoms with Crippen molar-refractivity contribution in [3.8, 4) is 5.75 Å². The van der Waals surface area contributed by atoms with E-state index in [-0.39, 0.29) is 5.76 Å². The van der Waals surface area contributed by atoms with Crippen LogP contribution in [0.1, 0.15) is 5.56 Å². The van der Waals surface area contributed by atoms with Crippen LogP contribution in [0.4, 0.5) is 13.2 Å². The summed E-state index contributed by atoms with van der Waals surface area (Å²) < 4.78 is 41.5. The van der Waals surface area contributed by atoms with Gasteiger partial charge in [-0.1, -0.05) is 18.2 Å². The smallest absolute Gasteiger partial charge is 0.448 e. The van der Waals surface area contributed by atoms with Crippen molar-refractivity contribution < 1.29 is 23.0 Å². The lowest BCUT2D eigenvalue weighted by molar-refractivity contribution is -0.120. The maximum absolute atomic E-state index is 12.1. The number of rotatable bonds is 1. The van der Waals surface area contributed by atoms with Gasteiger partial charge in [-0.25, -0.2) is 0 Å². The Balaban J connectivity index is 2.20. The maximum atomic E-state index is 12.1. The Morgan fingerprint density at radius 2 is 2.00 bits per heavy atom. The number of para-hydroxylation sites is 1. The highest BCUT2D eigenvalue weighted by atomic mass is 19.4. The largest absolute Gasteiger partial charge is 0.504 e. The van der Waals surface area contributed by atoms with Crippen molar-refractivity contribution in [1.82, 2.24) is 0 Å². The van der Waals surface area contributed by atoms with Crippen LogP contribution in [0.25, 0.3) is 0 Å². The van der Waals surface area contributed by atoms with Gasteiger partial charge in [-0.15, -0.1) is 0 Å². The third-order valence-electron chi connectivity index (χ3n) is 2.29. The summed E-state index contributed by atoms with van der Waals surface area (Å²) in [7, 11) is 0. The Bertz CT molecular complexity index is 487. The maximum Gasteiger partial charge on any atom is 0.448 e. The van der Waals surface area contributed by atoms with Crippen molar-refractivity contribution >= 4 is 0 Å². The molecular weight excluding hydrogens is 233 g/mol. The van der Waals surface area contributed by atoms with Crippen molar-refractivity contribution in [3.05, 3.63) is 53.5 Å². The summed E-state index contributed by atoms with van der Waals surface area (Å²) in [4.78, 5) is 0. The molecule has 90 valence electrons. The second-order valence-electron chi connectivity index (χ2n) is 3.55. The van der Waals surface area contributed by atoms with E-state index in [1.807, 2.05) is 12.1 Å². The van der Waals surface area contributed by atoms with E-state index in [0.717, 1.165) is 5.56 Å². The van der Waals surface area contributed by atoms with Gasteiger partial charge in [-0.3, -0.25) is 0 Å². The first-order valence-electron chi connectivity index (χ1n) is 4.90. The molecule has 0 bridgehead atoms. The molecule has 2 nitrogen and oxygen atoms in total. The molecular formula is C12H9F3O2. The molecule has 1 aliphatic heterocycles. The van der Waals surface area contributed by atoms with Gasteiger partial charge in [0, 0.05) is 6.08 Å². The lowest BCUT2D eigenvalue weighted by Crippen LogP contribution is -2.13. The highest BCUT2D eigenvalue weighted by Gasteiger charge is 2.34. The summed E-state index contributed by atoms with van der Waals surface area (Å²) in [6.07, 6.45) is -2.20. The number of hydrogen-bond acceptors (Lipinski definition) is 2. The molecule has 1 aliphatic rings. The molecule has 1 aromatic carbocycles. The van der Waals surface area contributed by atoms with E-state index in [1.165, 1.54) is 6.08 Å². The predicted molar refractivity (Wildman–Crippen MR) is 55.6 cm³/mol. The van der Waals surface area contributed by atoms with Gasteiger partial charge in [-0.2, -0.15) is 13.2 Å². The Labute approximate surface area is 95.6 Å². The molecule has 0 atom stereocenters. The Morgan fingerprint density at radius 3 is 2.71 bits per heavy atom. The first kappa shape index (κ1) is 11.6. The average Bonchev–Trinajstić information content (AvgIpc) is 2.27. The van der Waals surface area contributed by atoms with Gasteiger partial charge < -0.3 is 9.84 Å². The number of alkyl halides is 3. The first-order valence-corrected chi connectivity index (χ1v) is 4.90. The molecule has 2 rings (SSSR count). The Hall–Kier alpha value is -1.91. The van der Waals surface area contributed by atoms with Gasteiger partial charge in [0.15, 0.2) is 0 Å². The van der Waals surface area contributed by atoms with E-state index < -0.39 is 11.9 Å². The monoisotopic (exact) mass is 242 g/mol. The van der Waals surface area contributed by atoms with Gasteiger partial charge in [-0.05, 0) is 24.1 Å². The SMILES string of the molecule is O/C(=C\C1=CCc2ccccc2O1)C(F)(F)F. The predicted octanol–water partition coefficient (Wildman–Crippen LogP) is 3.51. The summed E-state index contributed by atoms with van der Waals surface area (Å²) in [5.41, 5.74) is 0.899. The second kappa shape index (κ2) is 4.16. The summed E-state index contributed by atoms with van der Waals surface area (Å²) in [5, 5.41) is 8.80. The number of benzene rings is 1. The summed E-state index contributed by atoms with van der Waals surface area (Å²) in [6.45, 7) is 0. The summed E-state index contributed by atoms with van der Waals surface area (Å²) in [5.74, 6) is -1.15. The van der Waals surface area contributed by atoms with E-state index in [9.17, 15) is 13.2 Å². The fourth-order valence-corrected chi connectivity index (χ4v) is 1.46.